The third kappa shape index (κ3) is 3.25. The molecule has 3 heteroatoms. The van der Waals surface area contributed by atoms with Crippen molar-refractivity contribution < 1.29 is 0 Å². The van der Waals surface area contributed by atoms with E-state index >= 15 is 0 Å². The number of rotatable bonds is 3. The van der Waals surface area contributed by atoms with Crippen LogP contribution >= 0.6 is 11.6 Å². The highest BCUT2D eigenvalue weighted by atomic mass is 35.5. The molecule has 1 aromatic rings. The predicted octanol–water partition coefficient (Wildman–Crippen LogP) is 3.92. The van der Waals surface area contributed by atoms with Gasteiger partial charge < -0.3 is 0 Å². The lowest BCUT2D eigenvalue weighted by atomic mass is 10.00. The quantitative estimate of drug-likeness (QED) is 0.892. The zero-order chi connectivity index (χ0) is 13.1. The summed E-state index contributed by atoms with van der Waals surface area (Å²) < 4.78 is 0. The summed E-state index contributed by atoms with van der Waals surface area (Å²) in [6.07, 6.45) is 3.92. The van der Waals surface area contributed by atoms with Crippen molar-refractivity contribution in [1.29, 1.82) is 0 Å². The maximum absolute atomic E-state index is 5.98. The summed E-state index contributed by atoms with van der Waals surface area (Å²) in [5, 5.41) is 3.23. The van der Waals surface area contributed by atoms with Gasteiger partial charge in [0.1, 0.15) is 0 Å². The molecular formula is C15H23ClN2. The molecule has 1 aliphatic heterocycles. The molecule has 2 atom stereocenters. The second-order valence-corrected chi connectivity index (χ2v) is 5.88. The van der Waals surface area contributed by atoms with Gasteiger partial charge in [0.25, 0.3) is 0 Å². The summed E-state index contributed by atoms with van der Waals surface area (Å²) in [6, 6.07) is 7.36. The largest absolute Gasteiger partial charge is 0.250 e. The van der Waals surface area contributed by atoms with Gasteiger partial charge in [0.2, 0.25) is 0 Å². The van der Waals surface area contributed by atoms with Gasteiger partial charge in [-0.2, -0.15) is 0 Å². The number of benzene rings is 1. The molecule has 1 heterocycles. The standard InChI is InChI=1S/C15H23ClN2/c1-11-9-15(16)8-7-14(11)10-17-18-12(2)5-4-6-13(18)3/h7-9,12-13,17H,4-6,10H2,1-3H3. The Bertz CT molecular complexity index is 395. The summed E-state index contributed by atoms with van der Waals surface area (Å²) >= 11 is 5.98. The first kappa shape index (κ1) is 13.9. The average Bonchev–Trinajstić information content (AvgIpc) is 2.31. The number of hydrazine groups is 1. The molecule has 0 radical (unpaired) electrons. The maximum atomic E-state index is 5.98. The van der Waals surface area contributed by atoms with Crippen LogP contribution < -0.4 is 5.43 Å². The first-order valence-corrected chi connectivity index (χ1v) is 7.22. The van der Waals surface area contributed by atoms with Crippen molar-refractivity contribution in [3.63, 3.8) is 0 Å². The molecule has 1 aromatic carbocycles. The molecule has 1 N–H and O–H groups in total. The fraction of sp³-hybridized carbons (Fsp3) is 0.600. The van der Waals surface area contributed by atoms with Crippen LogP contribution in [0.3, 0.4) is 0 Å². The van der Waals surface area contributed by atoms with Gasteiger partial charge in [-0.3, -0.25) is 5.43 Å². The topological polar surface area (TPSA) is 15.3 Å². The summed E-state index contributed by atoms with van der Waals surface area (Å²) in [4.78, 5) is 0. The van der Waals surface area contributed by atoms with Crippen LogP contribution in [0.1, 0.15) is 44.2 Å². The summed E-state index contributed by atoms with van der Waals surface area (Å²) in [5.74, 6) is 0. The Kier molecular flexibility index (Phi) is 4.66. The summed E-state index contributed by atoms with van der Waals surface area (Å²) in [7, 11) is 0. The van der Waals surface area contributed by atoms with Crippen LogP contribution in [0.25, 0.3) is 0 Å². The minimum absolute atomic E-state index is 0.626. The van der Waals surface area contributed by atoms with E-state index in [4.69, 9.17) is 11.6 Å². The normalized spacial score (nSPS) is 25.3. The van der Waals surface area contributed by atoms with Crippen LogP contribution in [0.2, 0.25) is 5.02 Å². The molecule has 18 heavy (non-hydrogen) atoms. The molecule has 2 nitrogen and oxygen atoms in total. The number of nitrogens with one attached hydrogen (secondary N) is 1. The maximum Gasteiger partial charge on any atom is 0.0408 e. The second kappa shape index (κ2) is 6.05. The van der Waals surface area contributed by atoms with E-state index < -0.39 is 0 Å². The first-order valence-electron chi connectivity index (χ1n) is 6.85. The molecule has 0 spiro atoms. The molecule has 1 aliphatic rings. The van der Waals surface area contributed by atoms with E-state index in [2.05, 4.69) is 37.3 Å². The molecule has 0 aromatic heterocycles. The highest BCUT2D eigenvalue weighted by Crippen LogP contribution is 2.21. The van der Waals surface area contributed by atoms with Gasteiger partial charge in [-0.25, -0.2) is 5.01 Å². The Balaban J connectivity index is 1.97. The molecule has 0 bridgehead atoms. The highest BCUT2D eigenvalue weighted by molar-refractivity contribution is 6.30. The third-order valence-corrected chi connectivity index (χ3v) is 4.19. The van der Waals surface area contributed by atoms with Crippen LogP contribution in [0, 0.1) is 6.92 Å². The second-order valence-electron chi connectivity index (χ2n) is 5.44. The van der Waals surface area contributed by atoms with Gasteiger partial charge in [-0.15, -0.1) is 0 Å². The molecule has 1 fully saturated rings. The Labute approximate surface area is 115 Å². The summed E-state index contributed by atoms with van der Waals surface area (Å²) in [6.45, 7) is 7.61. The van der Waals surface area contributed by atoms with Crippen molar-refractivity contribution in [3.8, 4) is 0 Å². The number of hydrogen-bond donors (Lipinski definition) is 1. The van der Waals surface area contributed by atoms with Gasteiger partial charge in [-0.05, 0) is 56.9 Å². The van der Waals surface area contributed by atoms with Gasteiger partial charge >= 0.3 is 0 Å². The van der Waals surface area contributed by atoms with Crippen molar-refractivity contribution >= 4 is 11.6 Å². The van der Waals surface area contributed by atoms with Crippen LogP contribution in [0.15, 0.2) is 18.2 Å². The van der Waals surface area contributed by atoms with Crippen LogP contribution in [-0.2, 0) is 6.54 Å². The third-order valence-electron chi connectivity index (χ3n) is 3.95. The van der Waals surface area contributed by atoms with Gasteiger partial charge in [0.15, 0.2) is 0 Å². The average molecular weight is 267 g/mol. The number of hydrogen-bond acceptors (Lipinski definition) is 2. The van der Waals surface area contributed by atoms with Crippen molar-refractivity contribution in [2.24, 2.45) is 0 Å². The molecular weight excluding hydrogens is 244 g/mol. The molecule has 0 saturated carbocycles. The van der Waals surface area contributed by atoms with E-state index in [9.17, 15) is 0 Å². The van der Waals surface area contributed by atoms with Crippen molar-refractivity contribution in [1.82, 2.24) is 10.4 Å². The van der Waals surface area contributed by atoms with E-state index in [-0.39, 0.29) is 0 Å². The van der Waals surface area contributed by atoms with E-state index in [0.29, 0.717) is 12.1 Å². The Hall–Kier alpha value is -0.570. The van der Waals surface area contributed by atoms with Crippen LogP contribution in [-0.4, -0.2) is 17.1 Å². The summed E-state index contributed by atoms with van der Waals surface area (Å²) in [5.41, 5.74) is 6.17. The van der Waals surface area contributed by atoms with Crippen molar-refractivity contribution in [3.05, 3.63) is 34.3 Å². The fourth-order valence-electron chi connectivity index (χ4n) is 2.77. The van der Waals surface area contributed by atoms with E-state index in [1.54, 1.807) is 0 Å². The molecule has 2 unspecified atom stereocenters. The SMILES string of the molecule is Cc1cc(Cl)ccc1CNN1C(C)CCCC1C. The molecule has 100 valence electrons. The lowest BCUT2D eigenvalue weighted by Gasteiger charge is -2.39. The highest BCUT2D eigenvalue weighted by Gasteiger charge is 2.24. The van der Waals surface area contributed by atoms with E-state index in [1.807, 2.05) is 12.1 Å². The Morgan fingerprint density at radius 2 is 1.94 bits per heavy atom. The number of aryl methyl sites for hydroxylation is 1. The molecule has 1 saturated heterocycles. The predicted molar refractivity (Wildman–Crippen MR) is 77.6 cm³/mol. The molecule has 0 amide bonds. The van der Waals surface area contributed by atoms with Gasteiger partial charge in [0, 0.05) is 23.7 Å². The van der Waals surface area contributed by atoms with Gasteiger partial charge in [-0.1, -0.05) is 24.1 Å². The Morgan fingerprint density at radius 3 is 2.56 bits per heavy atom. The van der Waals surface area contributed by atoms with Crippen LogP contribution in [0.5, 0.6) is 0 Å². The fourth-order valence-corrected chi connectivity index (χ4v) is 2.99. The van der Waals surface area contributed by atoms with E-state index in [0.717, 1.165) is 11.6 Å². The smallest absolute Gasteiger partial charge is 0.0408 e. The monoisotopic (exact) mass is 266 g/mol. The lowest BCUT2D eigenvalue weighted by molar-refractivity contribution is 0.0435. The first-order chi connectivity index (χ1) is 8.58. The van der Waals surface area contributed by atoms with E-state index in [1.165, 1.54) is 30.4 Å². The minimum atomic E-state index is 0.626. The van der Waals surface area contributed by atoms with Crippen molar-refractivity contribution in [2.45, 2.75) is 58.7 Å². The number of piperidine rings is 1. The number of nitrogens with zero attached hydrogens (tertiary/aromatic N) is 1. The molecule has 2 rings (SSSR count). The zero-order valence-electron chi connectivity index (χ0n) is 11.5. The molecule has 0 aliphatic carbocycles. The number of halogens is 1. The zero-order valence-corrected chi connectivity index (χ0v) is 12.3. The van der Waals surface area contributed by atoms with Gasteiger partial charge in [0.05, 0.1) is 0 Å². The van der Waals surface area contributed by atoms with Crippen LogP contribution in [0.4, 0.5) is 0 Å². The lowest BCUT2D eigenvalue weighted by Crippen LogP contribution is -2.51. The van der Waals surface area contributed by atoms with Crippen molar-refractivity contribution in [2.75, 3.05) is 0 Å². The Morgan fingerprint density at radius 1 is 1.28 bits per heavy atom. The minimum Gasteiger partial charge on any atom is -0.250 e.